The van der Waals surface area contributed by atoms with Crippen LogP contribution >= 0.6 is 11.3 Å². The summed E-state index contributed by atoms with van der Waals surface area (Å²) >= 11 is 1.66. The molecule has 3 aromatic heterocycles. The summed E-state index contributed by atoms with van der Waals surface area (Å²) in [5, 5.41) is 8.24. The minimum absolute atomic E-state index is 0.113. The molecule has 1 aliphatic rings. The molecule has 0 bridgehead atoms. The van der Waals surface area contributed by atoms with E-state index in [4.69, 9.17) is 5.32 Å². The first-order chi connectivity index (χ1) is 14.1. The number of benzene rings is 1. The highest BCUT2D eigenvalue weighted by atomic mass is 32.1. The lowest BCUT2D eigenvalue weighted by molar-refractivity contribution is 0.444. The van der Waals surface area contributed by atoms with Crippen LogP contribution in [0, 0.1) is 13.8 Å². The molecule has 1 aromatic carbocycles. The fraction of sp³-hybridized carbons (Fsp3) is 0.304. The zero-order chi connectivity index (χ0) is 20.0. The largest absolute Gasteiger partial charge is 0.353 e. The van der Waals surface area contributed by atoms with E-state index in [0.29, 0.717) is 0 Å². The molecule has 1 unspecified atom stereocenters. The SMILES string of the molecule is Cc1ccc(-c2c(C)cn(C)c2C2CN(c3ncnc4sccc34)CC[N]2)cc1. The molecular weight excluding hydrogens is 378 g/mol. The van der Waals surface area contributed by atoms with Gasteiger partial charge in [-0.1, -0.05) is 29.8 Å². The van der Waals surface area contributed by atoms with Gasteiger partial charge in [0.15, 0.2) is 0 Å². The standard InChI is InChI=1S/C23H24N5S/c1-15-4-6-17(7-5-15)20-16(2)12-27(3)21(20)19-13-28(10-9-24-19)22-18-8-11-29-23(18)26-14-25-22/h4-8,11-12,14,19H,9-10,13H2,1-3H3. The molecule has 0 amide bonds. The van der Waals surface area contributed by atoms with Crippen LogP contribution in [0.2, 0.25) is 0 Å². The predicted molar refractivity (Wildman–Crippen MR) is 120 cm³/mol. The van der Waals surface area contributed by atoms with Gasteiger partial charge in [-0.15, -0.1) is 11.3 Å². The van der Waals surface area contributed by atoms with Crippen LogP contribution < -0.4 is 10.2 Å². The minimum atomic E-state index is 0.113. The van der Waals surface area contributed by atoms with Gasteiger partial charge in [0.2, 0.25) is 0 Å². The Balaban J connectivity index is 1.53. The molecular formula is C23H24N5S. The molecule has 1 aliphatic heterocycles. The highest BCUT2D eigenvalue weighted by molar-refractivity contribution is 7.16. The average molecular weight is 403 g/mol. The van der Waals surface area contributed by atoms with Crippen molar-refractivity contribution in [1.29, 1.82) is 0 Å². The maximum Gasteiger partial charge on any atom is 0.140 e. The van der Waals surface area contributed by atoms with Crippen molar-refractivity contribution in [3.8, 4) is 11.1 Å². The summed E-state index contributed by atoms with van der Waals surface area (Å²) in [7, 11) is 2.14. The van der Waals surface area contributed by atoms with Crippen molar-refractivity contribution < 1.29 is 0 Å². The molecule has 29 heavy (non-hydrogen) atoms. The van der Waals surface area contributed by atoms with Crippen LogP contribution in [-0.2, 0) is 7.05 Å². The molecule has 0 aliphatic carbocycles. The fourth-order valence-electron chi connectivity index (χ4n) is 4.39. The lowest BCUT2D eigenvalue weighted by atomic mass is 9.97. The van der Waals surface area contributed by atoms with Gasteiger partial charge in [0.1, 0.15) is 17.0 Å². The number of anilines is 1. The Hall–Kier alpha value is -2.70. The van der Waals surface area contributed by atoms with E-state index in [1.54, 1.807) is 17.7 Å². The van der Waals surface area contributed by atoms with Gasteiger partial charge in [0.25, 0.3) is 0 Å². The second-order valence-corrected chi connectivity index (χ2v) is 8.65. The Morgan fingerprint density at radius 2 is 1.90 bits per heavy atom. The number of aryl methyl sites for hydroxylation is 3. The number of hydrogen-bond acceptors (Lipinski definition) is 4. The molecule has 0 saturated carbocycles. The Morgan fingerprint density at radius 3 is 2.72 bits per heavy atom. The Kier molecular flexibility index (Phi) is 4.60. The molecule has 147 valence electrons. The van der Waals surface area contributed by atoms with Gasteiger partial charge >= 0.3 is 0 Å². The van der Waals surface area contributed by atoms with Crippen molar-refractivity contribution in [3.05, 3.63) is 65.1 Å². The summed E-state index contributed by atoms with van der Waals surface area (Å²) in [5.74, 6) is 1.03. The Morgan fingerprint density at radius 1 is 1.07 bits per heavy atom. The van der Waals surface area contributed by atoms with Gasteiger partial charge in [-0.25, -0.2) is 15.3 Å². The van der Waals surface area contributed by atoms with Gasteiger partial charge in [0.05, 0.1) is 11.4 Å². The number of nitrogens with zero attached hydrogens (tertiary/aromatic N) is 5. The van der Waals surface area contributed by atoms with E-state index in [2.05, 4.69) is 82.2 Å². The van der Waals surface area contributed by atoms with E-state index in [9.17, 15) is 0 Å². The first-order valence-electron chi connectivity index (χ1n) is 9.94. The fourth-order valence-corrected chi connectivity index (χ4v) is 5.11. The molecule has 1 radical (unpaired) electrons. The molecule has 0 N–H and O–H groups in total. The highest BCUT2D eigenvalue weighted by Gasteiger charge is 2.29. The number of hydrogen-bond donors (Lipinski definition) is 0. The average Bonchev–Trinajstić information content (AvgIpc) is 3.32. The van der Waals surface area contributed by atoms with Crippen molar-refractivity contribution >= 4 is 27.4 Å². The van der Waals surface area contributed by atoms with Crippen LogP contribution in [0.3, 0.4) is 0 Å². The molecule has 1 atom stereocenters. The second kappa shape index (κ2) is 7.28. The third kappa shape index (κ3) is 3.22. The summed E-state index contributed by atoms with van der Waals surface area (Å²) in [4.78, 5) is 12.4. The summed E-state index contributed by atoms with van der Waals surface area (Å²) in [6.45, 7) is 6.85. The van der Waals surface area contributed by atoms with Gasteiger partial charge in [-0.3, -0.25) is 0 Å². The zero-order valence-corrected chi connectivity index (χ0v) is 17.8. The van der Waals surface area contributed by atoms with Crippen LogP contribution in [0.25, 0.3) is 21.3 Å². The second-order valence-electron chi connectivity index (χ2n) is 7.75. The van der Waals surface area contributed by atoms with Crippen LogP contribution in [0.1, 0.15) is 22.9 Å². The van der Waals surface area contributed by atoms with Gasteiger partial charge in [-0.2, -0.15) is 0 Å². The maximum atomic E-state index is 5.02. The van der Waals surface area contributed by atoms with Gasteiger partial charge < -0.3 is 9.47 Å². The molecule has 4 aromatic rings. The Labute approximate surface area is 175 Å². The van der Waals surface area contributed by atoms with Crippen molar-refractivity contribution in [3.63, 3.8) is 0 Å². The van der Waals surface area contributed by atoms with E-state index >= 15 is 0 Å². The monoisotopic (exact) mass is 402 g/mol. The van der Waals surface area contributed by atoms with Crippen LogP contribution in [0.4, 0.5) is 5.82 Å². The van der Waals surface area contributed by atoms with E-state index < -0.39 is 0 Å². The number of aromatic nitrogens is 3. The highest BCUT2D eigenvalue weighted by Crippen LogP contribution is 2.36. The van der Waals surface area contributed by atoms with Crippen LogP contribution in [0.15, 0.2) is 48.2 Å². The third-order valence-electron chi connectivity index (χ3n) is 5.73. The van der Waals surface area contributed by atoms with Crippen LogP contribution in [0.5, 0.6) is 0 Å². The molecule has 0 spiro atoms. The third-order valence-corrected chi connectivity index (χ3v) is 6.55. The van der Waals surface area contributed by atoms with E-state index in [-0.39, 0.29) is 6.04 Å². The zero-order valence-electron chi connectivity index (χ0n) is 17.0. The Bertz CT molecular complexity index is 1160. The minimum Gasteiger partial charge on any atom is -0.353 e. The van der Waals surface area contributed by atoms with E-state index in [1.165, 1.54) is 27.9 Å². The lowest BCUT2D eigenvalue weighted by Gasteiger charge is -2.34. The maximum absolute atomic E-state index is 5.02. The molecule has 1 saturated heterocycles. The van der Waals surface area contributed by atoms with Crippen LogP contribution in [-0.4, -0.2) is 34.2 Å². The van der Waals surface area contributed by atoms with E-state index in [1.807, 2.05) is 0 Å². The summed E-state index contributed by atoms with van der Waals surface area (Å²) in [6, 6.07) is 11.1. The first kappa shape index (κ1) is 18.3. The molecule has 4 heterocycles. The molecule has 5 nitrogen and oxygen atoms in total. The quantitative estimate of drug-likeness (QED) is 0.508. The van der Waals surface area contributed by atoms with Gasteiger partial charge in [0, 0.05) is 44.1 Å². The smallest absolute Gasteiger partial charge is 0.140 e. The summed E-state index contributed by atoms with van der Waals surface area (Å²) in [6.07, 6.45) is 3.90. The molecule has 6 heteroatoms. The lowest BCUT2D eigenvalue weighted by Crippen LogP contribution is -2.43. The predicted octanol–water partition coefficient (Wildman–Crippen LogP) is 4.48. The number of thiophene rings is 1. The molecule has 5 rings (SSSR count). The number of rotatable bonds is 3. The van der Waals surface area contributed by atoms with Crippen molar-refractivity contribution in [2.75, 3.05) is 24.5 Å². The number of piperazine rings is 1. The topological polar surface area (TPSA) is 48.1 Å². The summed E-state index contributed by atoms with van der Waals surface area (Å²) < 4.78 is 2.25. The number of fused-ring (bicyclic) bond motifs is 1. The first-order valence-corrected chi connectivity index (χ1v) is 10.8. The van der Waals surface area contributed by atoms with E-state index in [0.717, 1.165) is 35.7 Å². The van der Waals surface area contributed by atoms with Crippen molar-refractivity contribution in [2.45, 2.75) is 19.9 Å². The summed E-state index contributed by atoms with van der Waals surface area (Å²) in [5.41, 5.74) is 6.43. The van der Waals surface area contributed by atoms with Crippen molar-refractivity contribution in [1.82, 2.24) is 19.9 Å². The van der Waals surface area contributed by atoms with Gasteiger partial charge in [-0.05, 0) is 36.4 Å². The normalized spacial score (nSPS) is 17.2. The van der Waals surface area contributed by atoms with Crippen molar-refractivity contribution in [2.24, 2.45) is 7.05 Å². The molecule has 1 fully saturated rings.